The van der Waals surface area contributed by atoms with Crippen molar-refractivity contribution in [2.75, 3.05) is 5.32 Å². The van der Waals surface area contributed by atoms with Crippen LogP contribution in [0, 0.1) is 5.82 Å². The van der Waals surface area contributed by atoms with Crippen LogP contribution >= 0.6 is 0 Å². The Morgan fingerprint density at radius 1 is 1.38 bits per heavy atom. The number of hydrogen-bond acceptors (Lipinski definition) is 2. The van der Waals surface area contributed by atoms with Gasteiger partial charge in [-0.2, -0.15) is 0 Å². The van der Waals surface area contributed by atoms with Crippen LogP contribution in [0.25, 0.3) is 0 Å². The summed E-state index contributed by atoms with van der Waals surface area (Å²) in [5.74, 6) is 0.0911. The third kappa shape index (κ3) is 4.60. The number of halogens is 1. The molecular weight excluding hydrogens is 203 g/mol. The number of nitrogens with one attached hydrogen (secondary N) is 1. The molecule has 3 heteroatoms. The summed E-state index contributed by atoms with van der Waals surface area (Å²) in [5.41, 5.74) is 0. The molecule has 90 valence electrons. The van der Waals surface area contributed by atoms with E-state index in [9.17, 15) is 4.39 Å². The van der Waals surface area contributed by atoms with E-state index in [0.29, 0.717) is 5.82 Å². The van der Waals surface area contributed by atoms with Gasteiger partial charge in [-0.05, 0) is 25.5 Å². The molecule has 16 heavy (non-hydrogen) atoms. The van der Waals surface area contributed by atoms with Crippen molar-refractivity contribution in [1.82, 2.24) is 4.98 Å². The number of anilines is 1. The standard InChI is InChI=1S/C13H21FN2/c1-3-4-5-6-8-11(2)16-13-12(14)9-7-10-15-13/h7,9-11H,3-6,8H2,1-2H3,(H,15,16). The molecule has 0 aliphatic rings. The van der Waals surface area contributed by atoms with E-state index in [1.807, 2.05) is 0 Å². The lowest BCUT2D eigenvalue weighted by atomic mass is 10.1. The average molecular weight is 224 g/mol. The van der Waals surface area contributed by atoms with Gasteiger partial charge in [0.15, 0.2) is 11.6 Å². The van der Waals surface area contributed by atoms with E-state index in [1.165, 1.54) is 31.7 Å². The van der Waals surface area contributed by atoms with E-state index in [1.54, 1.807) is 12.3 Å². The van der Waals surface area contributed by atoms with E-state index < -0.39 is 0 Å². The van der Waals surface area contributed by atoms with Gasteiger partial charge in [-0.15, -0.1) is 0 Å². The summed E-state index contributed by atoms with van der Waals surface area (Å²) in [4.78, 5) is 3.98. The summed E-state index contributed by atoms with van der Waals surface area (Å²) < 4.78 is 13.3. The maximum absolute atomic E-state index is 13.3. The molecule has 0 amide bonds. The average Bonchev–Trinajstić information content (AvgIpc) is 2.28. The zero-order chi connectivity index (χ0) is 11.8. The van der Waals surface area contributed by atoms with Gasteiger partial charge in [0.2, 0.25) is 0 Å². The highest BCUT2D eigenvalue weighted by atomic mass is 19.1. The lowest BCUT2D eigenvalue weighted by Gasteiger charge is -2.14. The fraction of sp³-hybridized carbons (Fsp3) is 0.615. The molecule has 1 unspecified atom stereocenters. The fourth-order valence-corrected chi connectivity index (χ4v) is 1.67. The maximum atomic E-state index is 13.3. The third-order valence-electron chi connectivity index (χ3n) is 2.63. The molecule has 0 saturated heterocycles. The lowest BCUT2D eigenvalue weighted by molar-refractivity contribution is 0.582. The Morgan fingerprint density at radius 2 is 2.19 bits per heavy atom. The number of nitrogens with zero attached hydrogens (tertiary/aromatic N) is 1. The second kappa shape index (κ2) is 7.20. The van der Waals surface area contributed by atoms with E-state index in [-0.39, 0.29) is 11.9 Å². The molecule has 1 rings (SSSR count). The van der Waals surface area contributed by atoms with Crippen molar-refractivity contribution in [1.29, 1.82) is 0 Å². The minimum Gasteiger partial charge on any atom is -0.365 e. The quantitative estimate of drug-likeness (QED) is 0.708. The second-order valence-electron chi connectivity index (χ2n) is 4.23. The van der Waals surface area contributed by atoms with Crippen LogP contribution in [0.3, 0.4) is 0 Å². The lowest BCUT2D eigenvalue weighted by Crippen LogP contribution is -2.16. The van der Waals surface area contributed by atoms with E-state index in [0.717, 1.165) is 6.42 Å². The Bertz CT molecular complexity index is 302. The van der Waals surface area contributed by atoms with Crippen LogP contribution in [0.4, 0.5) is 10.2 Å². The molecule has 1 aromatic rings. The first kappa shape index (κ1) is 12.9. The molecule has 0 aliphatic carbocycles. The van der Waals surface area contributed by atoms with Gasteiger partial charge < -0.3 is 5.32 Å². The van der Waals surface area contributed by atoms with Crippen molar-refractivity contribution in [3.63, 3.8) is 0 Å². The Morgan fingerprint density at radius 3 is 2.88 bits per heavy atom. The van der Waals surface area contributed by atoms with Crippen molar-refractivity contribution < 1.29 is 4.39 Å². The zero-order valence-electron chi connectivity index (χ0n) is 10.2. The van der Waals surface area contributed by atoms with Gasteiger partial charge in [0.1, 0.15) is 0 Å². The number of aromatic nitrogens is 1. The smallest absolute Gasteiger partial charge is 0.165 e. The summed E-state index contributed by atoms with van der Waals surface area (Å²) >= 11 is 0. The van der Waals surface area contributed by atoms with Gasteiger partial charge in [0, 0.05) is 12.2 Å². The maximum Gasteiger partial charge on any atom is 0.165 e. The third-order valence-corrected chi connectivity index (χ3v) is 2.63. The minimum atomic E-state index is -0.275. The summed E-state index contributed by atoms with van der Waals surface area (Å²) in [5, 5.41) is 3.10. The molecule has 2 nitrogen and oxygen atoms in total. The van der Waals surface area contributed by atoms with Crippen LogP contribution in [0.5, 0.6) is 0 Å². The molecule has 1 heterocycles. The highest BCUT2D eigenvalue weighted by Gasteiger charge is 2.06. The Kier molecular flexibility index (Phi) is 5.83. The molecule has 0 saturated carbocycles. The molecule has 0 fully saturated rings. The highest BCUT2D eigenvalue weighted by molar-refractivity contribution is 5.36. The van der Waals surface area contributed by atoms with Crippen LogP contribution in [-0.2, 0) is 0 Å². The molecule has 0 radical (unpaired) electrons. The van der Waals surface area contributed by atoms with Crippen LogP contribution in [0.2, 0.25) is 0 Å². The summed E-state index contributed by atoms with van der Waals surface area (Å²) in [7, 11) is 0. The summed E-state index contributed by atoms with van der Waals surface area (Å²) in [6.45, 7) is 4.27. The fourth-order valence-electron chi connectivity index (χ4n) is 1.67. The Hall–Kier alpha value is -1.12. The number of hydrogen-bond donors (Lipinski definition) is 1. The van der Waals surface area contributed by atoms with E-state index >= 15 is 0 Å². The second-order valence-corrected chi connectivity index (χ2v) is 4.23. The molecule has 1 atom stereocenters. The van der Waals surface area contributed by atoms with Crippen molar-refractivity contribution in [2.45, 2.75) is 52.0 Å². The molecule has 0 aliphatic heterocycles. The predicted molar refractivity (Wildman–Crippen MR) is 66.0 cm³/mol. The van der Waals surface area contributed by atoms with Gasteiger partial charge in [-0.1, -0.05) is 32.6 Å². The van der Waals surface area contributed by atoms with Crippen LogP contribution < -0.4 is 5.32 Å². The predicted octanol–water partition coefficient (Wildman–Crippen LogP) is 3.99. The molecular formula is C13H21FN2. The van der Waals surface area contributed by atoms with Gasteiger partial charge in [-0.3, -0.25) is 0 Å². The summed E-state index contributed by atoms with van der Waals surface area (Å²) in [6, 6.07) is 3.31. The first-order valence-corrected chi connectivity index (χ1v) is 6.11. The van der Waals surface area contributed by atoms with E-state index in [4.69, 9.17) is 0 Å². The molecule has 1 aromatic heterocycles. The van der Waals surface area contributed by atoms with Crippen molar-refractivity contribution in [3.05, 3.63) is 24.1 Å². The molecule has 0 aromatic carbocycles. The van der Waals surface area contributed by atoms with Gasteiger partial charge in [-0.25, -0.2) is 9.37 Å². The first-order valence-electron chi connectivity index (χ1n) is 6.11. The normalized spacial score (nSPS) is 12.4. The largest absolute Gasteiger partial charge is 0.365 e. The number of rotatable bonds is 7. The van der Waals surface area contributed by atoms with Gasteiger partial charge >= 0.3 is 0 Å². The zero-order valence-corrected chi connectivity index (χ0v) is 10.2. The Labute approximate surface area is 97.3 Å². The molecule has 1 N–H and O–H groups in total. The van der Waals surface area contributed by atoms with Crippen LogP contribution in [0.1, 0.15) is 46.0 Å². The van der Waals surface area contributed by atoms with Crippen LogP contribution in [-0.4, -0.2) is 11.0 Å². The van der Waals surface area contributed by atoms with Gasteiger partial charge in [0.05, 0.1) is 0 Å². The SMILES string of the molecule is CCCCCCC(C)Nc1ncccc1F. The molecule has 0 bridgehead atoms. The van der Waals surface area contributed by atoms with Crippen LogP contribution in [0.15, 0.2) is 18.3 Å². The molecule has 0 spiro atoms. The topological polar surface area (TPSA) is 24.9 Å². The first-order chi connectivity index (χ1) is 7.74. The number of unbranched alkanes of at least 4 members (excludes halogenated alkanes) is 3. The highest BCUT2D eigenvalue weighted by Crippen LogP contribution is 2.13. The van der Waals surface area contributed by atoms with E-state index in [2.05, 4.69) is 24.1 Å². The Balaban J connectivity index is 2.28. The van der Waals surface area contributed by atoms with Gasteiger partial charge in [0.25, 0.3) is 0 Å². The van der Waals surface area contributed by atoms with Crippen molar-refractivity contribution in [3.8, 4) is 0 Å². The van der Waals surface area contributed by atoms with Crippen molar-refractivity contribution in [2.24, 2.45) is 0 Å². The number of pyridine rings is 1. The minimum absolute atomic E-state index is 0.275. The monoisotopic (exact) mass is 224 g/mol. The summed E-state index contributed by atoms with van der Waals surface area (Å²) in [6.07, 6.45) is 7.65. The van der Waals surface area contributed by atoms with Crippen molar-refractivity contribution >= 4 is 5.82 Å².